The number of aromatic nitrogens is 1. The van der Waals surface area contributed by atoms with Gasteiger partial charge in [-0.2, -0.15) is 0 Å². The molecule has 1 aliphatic rings. The normalized spacial score (nSPS) is 12.3. The molecule has 1 aliphatic heterocycles. The maximum atomic E-state index is 12.1. The smallest absolute Gasteiger partial charge is 0.252 e. The number of amides is 1. The maximum absolute atomic E-state index is 12.1. The lowest BCUT2D eigenvalue weighted by Crippen LogP contribution is -2.27. The van der Waals surface area contributed by atoms with E-state index in [4.69, 9.17) is 9.47 Å². The van der Waals surface area contributed by atoms with E-state index in [2.05, 4.69) is 20.5 Å². The summed E-state index contributed by atoms with van der Waals surface area (Å²) in [5, 5.41) is 6.14. The Labute approximate surface area is 153 Å². The molecule has 0 saturated heterocycles. The zero-order valence-corrected chi connectivity index (χ0v) is 15.1. The van der Waals surface area contributed by atoms with Crippen molar-refractivity contribution in [1.82, 2.24) is 15.2 Å². The molecule has 0 bridgehead atoms. The van der Waals surface area contributed by atoms with Crippen LogP contribution in [0.1, 0.15) is 22.3 Å². The van der Waals surface area contributed by atoms with Crippen molar-refractivity contribution in [2.24, 2.45) is 0 Å². The molecule has 0 spiro atoms. The summed E-state index contributed by atoms with van der Waals surface area (Å²) in [7, 11) is 4.03. The number of ether oxygens (including phenoxy) is 2. The number of pyridine rings is 1. The predicted octanol–water partition coefficient (Wildman–Crippen LogP) is 2.10. The summed E-state index contributed by atoms with van der Waals surface area (Å²) >= 11 is 0. The first-order chi connectivity index (χ1) is 12.6. The number of anilines is 1. The van der Waals surface area contributed by atoms with Crippen LogP contribution in [0, 0.1) is 0 Å². The first-order valence-corrected chi connectivity index (χ1v) is 8.63. The Morgan fingerprint density at radius 2 is 2.04 bits per heavy atom. The number of hydrogen-bond donors (Lipinski definition) is 2. The molecule has 0 saturated carbocycles. The molecule has 3 rings (SSSR count). The molecule has 2 N–H and O–H groups in total. The third-order valence-electron chi connectivity index (χ3n) is 4.00. The molecule has 7 nitrogen and oxygen atoms in total. The summed E-state index contributed by atoms with van der Waals surface area (Å²) in [6, 6.07) is 9.41. The largest absolute Gasteiger partial charge is 0.454 e. The summed E-state index contributed by atoms with van der Waals surface area (Å²) in [5.41, 5.74) is 1.63. The summed E-state index contributed by atoms with van der Waals surface area (Å²) in [6.45, 7) is 2.48. The first-order valence-electron chi connectivity index (χ1n) is 8.63. The van der Waals surface area contributed by atoms with E-state index in [-0.39, 0.29) is 12.7 Å². The highest BCUT2D eigenvalue weighted by atomic mass is 16.7. The fourth-order valence-corrected chi connectivity index (χ4v) is 2.58. The van der Waals surface area contributed by atoms with Gasteiger partial charge in [-0.1, -0.05) is 6.07 Å². The third-order valence-corrected chi connectivity index (χ3v) is 4.00. The monoisotopic (exact) mass is 356 g/mol. The van der Waals surface area contributed by atoms with Crippen LogP contribution >= 0.6 is 0 Å². The second-order valence-electron chi connectivity index (χ2n) is 6.39. The summed E-state index contributed by atoms with van der Waals surface area (Å²) in [4.78, 5) is 18.5. The SMILES string of the molecule is CN(C)CCCNC(=O)c1ccc(NCc2ccc3c(c2)OCO3)nc1. The van der Waals surface area contributed by atoms with Crippen LogP contribution in [-0.4, -0.2) is 49.8 Å². The van der Waals surface area contributed by atoms with Crippen molar-refractivity contribution >= 4 is 11.7 Å². The highest BCUT2D eigenvalue weighted by Crippen LogP contribution is 2.32. The van der Waals surface area contributed by atoms with E-state index >= 15 is 0 Å². The minimum Gasteiger partial charge on any atom is -0.454 e. The highest BCUT2D eigenvalue weighted by molar-refractivity contribution is 5.94. The molecule has 26 heavy (non-hydrogen) atoms. The van der Waals surface area contributed by atoms with Crippen LogP contribution in [0.2, 0.25) is 0 Å². The van der Waals surface area contributed by atoms with Gasteiger partial charge in [0.05, 0.1) is 5.56 Å². The van der Waals surface area contributed by atoms with Crippen LogP contribution in [0.4, 0.5) is 5.82 Å². The van der Waals surface area contributed by atoms with Gasteiger partial charge in [0.2, 0.25) is 6.79 Å². The van der Waals surface area contributed by atoms with E-state index in [9.17, 15) is 4.79 Å². The number of nitrogens with one attached hydrogen (secondary N) is 2. The van der Waals surface area contributed by atoms with E-state index in [1.54, 1.807) is 12.3 Å². The summed E-state index contributed by atoms with van der Waals surface area (Å²) < 4.78 is 10.7. The van der Waals surface area contributed by atoms with Gasteiger partial charge >= 0.3 is 0 Å². The number of carbonyl (C=O) groups excluding carboxylic acids is 1. The lowest BCUT2D eigenvalue weighted by atomic mass is 10.2. The van der Waals surface area contributed by atoms with Gasteiger partial charge in [0, 0.05) is 19.3 Å². The zero-order valence-electron chi connectivity index (χ0n) is 15.1. The molecular weight excluding hydrogens is 332 g/mol. The zero-order chi connectivity index (χ0) is 18.4. The molecule has 1 aromatic heterocycles. The van der Waals surface area contributed by atoms with Gasteiger partial charge in [0.15, 0.2) is 11.5 Å². The molecular formula is C19H24N4O3. The van der Waals surface area contributed by atoms with Gasteiger partial charge in [0.25, 0.3) is 5.91 Å². The van der Waals surface area contributed by atoms with Crippen molar-refractivity contribution in [2.75, 3.05) is 39.3 Å². The van der Waals surface area contributed by atoms with Crippen LogP contribution in [-0.2, 0) is 6.54 Å². The van der Waals surface area contributed by atoms with Crippen molar-refractivity contribution in [2.45, 2.75) is 13.0 Å². The van der Waals surface area contributed by atoms with Crippen LogP contribution in [0.25, 0.3) is 0 Å². The predicted molar refractivity (Wildman–Crippen MR) is 99.6 cm³/mol. The Hall–Kier alpha value is -2.80. The van der Waals surface area contributed by atoms with Gasteiger partial charge < -0.3 is 25.0 Å². The Balaban J connectivity index is 1.47. The molecule has 0 unspecified atom stereocenters. The van der Waals surface area contributed by atoms with Crippen molar-refractivity contribution < 1.29 is 14.3 Å². The number of hydrogen-bond acceptors (Lipinski definition) is 6. The highest BCUT2D eigenvalue weighted by Gasteiger charge is 2.13. The van der Waals surface area contributed by atoms with Gasteiger partial charge in [0.1, 0.15) is 5.82 Å². The van der Waals surface area contributed by atoms with Crippen LogP contribution in [0.15, 0.2) is 36.5 Å². The molecule has 0 atom stereocenters. The molecule has 2 aromatic rings. The van der Waals surface area contributed by atoms with E-state index in [0.29, 0.717) is 24.5 Å². The van der Waals surface area contributed by atoms with Crippen molar-refractivity contribution in [3.8, 4) is 11.5 Å². The van der Waals surface area contributed by atoms with E-state index < -0.39 is 0 Å². The number of benzene rings is 1. The second kappa shape index (κ2) is 8.53. The lowest BCUT2D eigenvalue weighted by molar-refractivity contribution is 0.0952. The van der Waals surface area contributed by atoms with Gasteiger partial charge in [-0.3, -0.25) is 4.79 Å². The van der Waals surface area contributed by atoms with Crippen LogP contribution in [0.3, 0.4) is 0 Å². The molecule has 1 amide bonds. The van der Waals surface area contributed by atoms with Gasteiger partial charge in [-0.25, -0.2) is 4.98 Å². The molecule has 138 valence electrons. The lowest BCUT2D eigenvalue weighted by Gasteiger charge is -2.10. The second-order valence-corrected chi connectivity index (χ2v) is 6.39. The standard InChI is InChI=1S/C19H24N4O3/c1-23(2)9-3-8-20-19(24)15-5-7-18(22-12-15)21-11-14-4-6-16-17(10-14)26-13-25-16/h4-7,10,12H,3,8-9,11,13H2,1-2H3,(H,20,24)(H,21,22). The topological polar surface area (TPSA) is 75.7 Å². The Kier molecular flexibility index (Phi) is 5.91. The van der Waals surface area contributed by atoms with Crippen molar-refractivity contribution in [3.05, 3.63) is 47.7 Å². The first kappa shape index (κ1) is 18.0. The Morgan fingerprint density at radius 3 is 2.81 bits per heavy atom. The van der Waals surface area contributed by atoms with Gasteiger partial charge in [-0.15, -0.1) is 0 Å². The molecule has 1 aromatic carbocycles. The van der Waals surface area contributed by atoms with Crippen molar-refractivity contribution in [3.63, 3.8) is 0 Å². The fraction of sp³-hybridized carbons (Fsp3) is 0.368. The van der Waals surface area contributed by atoms with Crippen molar-refractivity contribution in [1.29, 1.82) is 0 Å². The Bertz CT molecular complexity index is 747. The number of fused-ring (bicyclic) bond motifs is 1. The van der Waals surface area contributed by atoms with E-state index in [0.717, 1.165) is 30.0 Å². The fourth-order valence-electron chi connectivity index (χ4n) is 2.58. The molecule has 0 radical (unpaired) electrons. The van der Waals surface area contributed by atoms with Crippen LogP contribution in [0.5, 0.6) is 11.5 Å². The molecule has 7 heteroatoms. The number of nitrogens with zero attached hydrogens (tertiary/aromatic N) is 2. The third kappa shape index (κ3) is 4.86. The van der Waals surface area contributed by atoms with Gasteiger partial charge in [-0.05, 0) is 56.9 Å². The van der Waals surface area contributed by atoms with E-state index in [1.807, 2.05) is 38.4 Å². The Morgan fingerprint density at radius 1 is 1.19 bits per heavy atom. The number of rotatable bonds is 8. The quantitative estimate of drug-likeness (QED) is 0.706. The average Bonchev–Trinajstić information content (AvgIpc) is 3.11. The number of carbonyl (C=O) groups is 1. The molecule has 2 heterocycles. The average molecular weight is 356 g/mol. The minimum absolute atomic E-state index is 0.0985. The minimum atomic E-state index is -0.0985. The summed E-state index contributed by atoms with van der Waals surface area (Å²) in [5.74, 6) is 2.15. The van der Waals surface area contributed by atoms with Crippen LogP contribution < -0.4 is 20.1 Å². The maximum Gasteiger partial charge on any atom is 0.252 e. The summed E-state index contributed by atoms with van der Waals surface area (Å²) in [6.07, 6.45) is 2.50. The molecule has 0 aliphatic carbocycles. The van der Waals surface area contributed by atoms with E-state index in [1.165, 1.54) is 0 Å². The molecule has 0 fully saturated rings.